The molecule has 10 heteroatoms. The first-order valence-electron chi connectivity index (χ1n) is 10.2. The van der Waals surface area contributed by atoms with Crippen molar-refractivity contribution >= 4 is 17.1 Å². The number of nitrogens with zero attached hydrogens (tertiary/aromatic N) is 4. The van der Waals surface area contributed by atoms with Crippen LogP contribution < -0.4 is 21.3 Å². The van der Waals surface area contributed by atoms with Gasteiger partial charge >= 0.3 is 5.69 Å². The summed E-state index contributed by atoms with van der Waals surface area (Å²) in [6, 6.07) is 11.1. The number of fused-ring (bicyclic) bond motifs is 1. The number of aromatic nitrogens is 4. The number of hydrogen-bond acceptors (Lipinski definition) is 7. The van der Waals surface area contributed by atoms with E-state index in [1.54, 1.807) is 30.0 Å². The molecule has 0 amide bonds. The van der Waals surface area contributed by atoms with Crippen LogP contribution in [0, 0.1) is 6.92 Å². The molecule has 0 aliphatic carbocycles. The molecule has 0 aliphatic rings. The lowest BCUT2D eigenvalue weighted by Crippen LogP contribution is -2.38. The molecular weight excluding hydrogens is 414 g/mol. The first kappa shape index (κ1) is 21.4. The van der Waals surface area contributed by atoms with Crippen molar-refractivity contribution in [2.24, 2.45) is 14.1 Å². The maximum absolute atomic E-state index is 12.9. The summed E-state index contributed by atoms with van der Waals surface area (Å²) in [5, 5.41) is 13.8. The monoisotopic (exact) mass is 439 g/mol. The second kappa shape index (κ2) is 8.75. The molecule has 1 aromatic carbocycles. The molecule has 168 valence electrons. The number of nitrogens with one attached hydrogen (secondary N) is 1. The number of rotatable bonds is 8. The highest BCUT2D eigenvalue weighted by Gasteiger charge is 2.21. The lowest BCUT2D eigenvalue weighted by molar-refractivity contribution is 0.0935. The van der Waals surface area contributed by atoms with Crippen LogP contribution in [0.2, 0.25) is 0 Å². The van der Waals surface area contributed by atoms with Gasteiger partial charge in [0.15, 0.2) is 11.2 Å². The first-order valence-corrected chi connectivity index (χ1v) is 10.2. The summed E-state index contributed by atoms with van der Waals surface area (Å²) in [5.41, 5.74) is 0.429. The van der Waals surface area contributed by atoms with E-state index in [1.165, 1.54) is 11.6 Å². The Morgan fingerprint density at radius 1 is 1.16 bits per heavy atom. The predicted molar refractivity (Wildman–Crippen MR) is 119 cm³/mol. The molecule has 0 radical (unpaired) electrons. The molecular formula is C22H25N5O5. The number of imidazole rings is 1. The summed E-state index contributed by atoms with van der Waals surface area (Å²) in [6.45, 7) is 2.30. The Hall–Kier alpha value is -3.79. The quantitative estimate of drug-likeness (QED) is 0.426. The average Bonchev–Trinajstić information content (AvgIpc) is 3.42. The van der Waals surface area contributed by atoms with Gasteiger partial charge in [0.25, 0.3) is 5.56 Å². The first-order chi connectivity index (χ1) is 15.4. The number of para-hydroxylation sites is 1. The third kappa shape index (κ3) is 4.04. The Kier molecular flexibility index (Phi) is 5.87. The Morgan fingerprint density at radius 2 is 1.94 bits per heavy atom. The second-order valence-corrected chi connectivity index (χ2v) is 7.59. The number of aliphatic hydroxyl groups excluding tert-OH is 1. The molecule has 2 N–H and O–H groups in total. The Balaban J connectivity index is 1.67. The third-order valence-corrected chi connectivity index (χ3v) is 5.27. The number of furan rings is 1. The van der Waals surface area contributed by atoms with Crippen LogP contribution in [0.25, 0.3) is 11.2 Å². The maximum atomic E-state index is 12.9. The molecule has 32 heavy (non-hydrogen) atoms. The van der Waals surface area contributed by atoms with E-state index in [9.17, 15) is 14.7 Å². The van der Waals surface area contributed by atoms with E-state index in [2.05, 4.69) is 10.3 Å². The van der Waals surface area contributed by atoms with E-state index in [-0.39, 0.29) is 24.3 Å². The minimum Gasteiger partial charge on any atom is -0.491 e. The molecule has 0 fully saturated rings. The number of aliphatic hydroxyl groups is 1. The molecule has 1 atom stereocenters. The molecule has 0 saturated carbocycles. The van der Waals surface area contributed by atoms with Crippen molar-refractivity contribution in [3.05, 3.63) is 74.8 Å². The van der Waals surface area contributed by atoms with Gasteiger partial charge in [-0.1, -0.05) is 18.2 Å². The SMILES string of the molecule is Cc1ccccc1OC[C@@H](O)Cn1c(NCc2ccco2)nc2c1c(=O)n(C)c(=O)n2C. The van der Waals surface area contributed by atoms with Crippen LogP contribution in [0.4, 0.5) is 5.95 Å². The lowest BCUT2D eigenvalue weighted by atomic mass is 10.2. The van der Waals surface area contributed by atoms with E-state index in [0.717, 1.165) is 10.1 Å². The van der Waals surface area contributed by atoms with Crippen LogP contribution >= 0.6 is 0 Å². The zero-order chi connectivity index (χ0) is 22.8. The van der Waals surface area contributed by atoms with Gasteiger partial charge in [-0.15, -0.1) is 0 Å². The van der Waals surface area contributed by atoms with Crippen molar-refractivity contribution in [2.75, 3.05) is 11.9 Å². The second-order valence-electron chi connectivity index (χ2n) is 7.59. The van der Waals surface area contributed by atoms with Gasteiger partial charge in [-0.05, 0) is 30.7 Å². The smallest absolute Gasteiger partial charge is 0.332 e. The van der Waals surface area contributed by atoms with E-state index >= 15 is 0 Å². The van der Waals surface area contributed by atoms with Gasteiger partial charge in [-0.25, -0.2) is 4.79 Å². The van der Waals surface area contributed by atoms with Gasteiger partial charge < -0.3 is 24.1 Å². The van der Waals surface area contributed by atoms with Crippen molar-refractivity contribution in [2.45, 2.75) is 26.1 Å². The van der Waals surface area contributed by atoms with E-state index in [1.807, 2.05) is 31.2 Å². The maximum Gasteiger partial charge on any atom is 0.332 e. The summed E-state index contributed by atoms with van der Waals surface area (Å²) in [7, 11) is 2.96. The highest BCUT2D eigenvalue weighted by atomic mass is 16.5. The topological polar surface area (TPSA) is 116 Å². The molecule has 3 aromatic heterocycles. The van der Waals surface area contributed by atoms with Crippen LogP contribution in [-0.2, 0) is 27.2 Å². The Morgan fingerprint density at radius 3 is 2.66 bits per heavy atom. The van der Waals surface area contributed by atoms with Gasteiger partial charge in [0.2, 0.25) is 5.95 Å². The molecule has 0 bridgehead atoms. The number of anilines is 1. The van der Waals surface area contributed by atoms with Gasteiger partial charge in [-0.3, -0.25) is 13.9 Å². The highest BCUT2D eigenvalue weighted by molar-refractivity contribution is 5.74. The van der Waals surface area contributed by atoms with Crippen molar-refractivity contribution < 1.29 is 14.3 Å². The van der Waals surface area contributed by atoms with E-state index < -0.39 is 17.4 Å². The number of hydrogen-bond donors (Lipinski definition) is 2. The van der Waals surface area contributed by atoms with Gasteiger partial charge in [-0.2, -0.15) is 4.98 Å². The lowest BCUT2D eigenvalue weighted by Gasteiger charge is -2.16. The Bertz CT molecular complexity index is 1350. The average molecular weight is 439 g/mol. The largest absolute Gasteiger partial charge is 0.491 e. The zero-order valence-corrected chi connectivity index (χ0v) is 18.1. The van der Waals surface area contributed by atoms with E-state index in [0.29, 0.717) is 24.0 Å². The van der Waals surface area contributed by atoms with Crippen molar-refractivity contribution in [3.8, 4) is 5.75 Å². The van der Waals surface area contributed by atoms with Gasteiger partial charge in [0.05, 0.1) is 19.4 Å². The molecule has 0 unspecified atom stereocenters. The summed E-state index contributed by atoms with van der Waals surface area (Å²) in [6.07, 6.45) is 0.629. The van der Waals surface area contributed by atoms with Crippen molar-refractivity contribution in [3.63, 3.8) is 0 Å². The highest BCUT2D eigenvalue weighted by Crippen LogP contribution is 2.19. The van der Waals surface area contributed by atoms with Gasteiger partial charge in [0.1, 0.15) is 24.2 Å². The molecule has 4 rings (SSSR count). The fraction of sp³-hybridized carbons (Fsp3) is 0.318. The minimum absolute atomic E-state index is 0.0221. The zero-order valence-electron chi connectivity index (χ0n) is 18.1. The van der Waals surface area contributed by atoms with E-state index in [4.69, 9.17) is 9.15 Å². The molecule has 0 saturated heterocycles. The fourth-order valence-corrected chi connectivity index (χ4v) is 3.51. The Labute approximate surface area is 183 Å². The number of ether oxygens (including phenoxy) is 1. The molecule has 4 aromatic rings. The van der Waals surface area contributed by atoms with Crippen LogP contribution in [-0.4, -0.2) is 36.5 Å². The summed E-state index contributed by atoms with van der Waals surface area (Å²) in [4.78, 5) is 29.7. The van der Waals surface area contributed by atoms with Crippen LogP contribution in [0.15, 0.2) is 56.7 Å². The third-order valence-electron chi connectivity index (χ3n) is 5.27. The number of benzene rings is 1. The molecule has 10 nitrogen and oxygen atoms in total. The van der Waals surface area contributed by atoms with Crippen molar-refractivity contribution in [1.82, 2.24) is 18.7 Å². The van der Waals surface area contributed by atoms with Gasteiger partial charge in [0, 0.05) is 14.1 Å². The standard InChI is InChI=1S/C22H25N5O5/c1-14-7-4-5-9-17(14)32-13-15(28)12-27-18-19(25(2)22(30)26(3)20(18)29)24-21(27)23-11-16-8-6-10-31-16/h4-10,15,28H,11-13H2,1-3H3,(H,23,24)/t15-/m0/s1. The minimum atomic E-state index is -0.932. The summed E-state index contributed by atoms with van der Waals surface area (Å²) in [5.74, 6) is 1.69. The summed E-state index contributed by atoms with van der Waals surface area (Å²) >= 11 is 0. The predicted octanol–water partition coefficient (Wildman–Crippen LogP) is 1.39. The summed E-state index contributed by atoms with van der Waals surface area (Å²) < 4.78 is 15.0. The fourth-order valence-electron chi connectivity index (χ4n) is 3.51. The normalized spacial score (nSPS) is 12.2. The molecule has 0 aliphatic heterocycles. The van der Waals surface area contributed by atoms with Crippen LogP contribution in [0.3, 0.4) is 0 Å². The van der Waals surface area contributed by atoms with Crippen LogP contribution in [0.1, 0.15) is 11.3 Å². The van der Waals surface area contributed by atoms with Crippen LogP contribution in [0.5, 0.6) is 5.75 Å². The molecule has 0 spiro atoms. The molecule has 3 heterocycles. The van der Waals surface area contributed by atoms with Crippen molar-refractivity contribution in [1.29, 1.82) is 0 Å². The number of aryl methyl sites for hydroxylation is 2.